The van der Waals surface area contributed by atoms with E-state index in [1.807, 2.05) is 0 Å². The van der Waals surface area contributed by atoms with Crippen molar-refractivity contribution in [3.05, 3.63) is 29.3 Å². The zero-order valence-corrected chi connectivity index (χ0v) is 11.3. The highest BCUT2D eigenvalue weighted by Gasteiger charge is 2.21. The van der Waals surface area contributed by atoms with E-state index >= 15 is 0 Å². The molecule has 1 rings (SSSR count). The predicted octanol–water partition coefficient (Wildman–Crippen LogP) is 1.86. The Morgan fingerprint density at radius 2 is 1.58 bits per heavy atom. The molecule has 0 atom stereocenters. The summed E-state index contributed by atoms with van der Waals surface area (Å²) in [5.74, 6) is -6.67. The van der Waals surface area contributed by atoms with Crippen LogP contribution in [-0.4, -0.2) is 29.5 Å². The first kappa shape index (κ1) is 16.1. The van der Waals surface area contributed by atoms with Crippen molar-refractivity contribution in [3.8, 4) is 0 Å². The van der Waals surface area contributed by atoms with Crippen LogP contribution < -0.4 is 5.19 Å². The average Bonchev–Trinajstić information content (AvgIpc) is 2.39. The van der Waals surface area contributed by atoms with Gasteiger partial charge in [-0.3, -0.25) is 0 Å². The minimum atomic E-state index is -1.87. The topological polar surface area (TPSA) is 27.7 Å². The Balaban J connectivity index is 2.76. The summed E-state index contributed by atoms with van der Waals surface area (Å²) in [5, 5.41) is -0.430. The lowest BCUT2D eigenvalue weighted by Gasteiger charge is -2.17. The summed E-state index contributed by atoms with van der Waals surface area (Å²) in [6, 6.07) is 0.543. The largest absolute Gasteiger partial charge is 0.366 e. The van der Waals surface area contributed by atoms with Crippen molar-refractivity contribution in [1.29, 1.82) is 0 Å². The molecule has 0 spiro atoms. The number of halogens is 4. The van der Waals surface area contributed by atoms with E-state index in [4.69, 9.17) is 13.9 Å². The van der Waals surface area contributed by atoms with Gasteiger partial charge in [-0.2, -0.15) is 0 Å². The number of hydrogen-bond acceptors (Lipinski definition) is 3. The third-order valence-electron chi connectivity index (χ3n) is 1.97. The van der Waals surface area contributed by atoms with Crippen molar-refractivity contribution in [1.82, 2.24) is 0 Å². The van der Waals surface area contributed by atoms with Gasteiger partial charge in [0.05, 0.1) is 0 Å². The summed E-state index contributed by atoms with van der Waals surface area (Å²) in [7, 11) is -0.779. The molecule has 0 bridgehead atoms. The van der Waals surface area contributed by atoms with Gasteiger partial charge in [0.1, 0.15) is 0 Å². The molecule has 0 fully saturated rings. The third-order valence-corrected chi connectivity index (χ3v) is 2.87. The van der Waals surface area contributed by atoms with Crippen LogP contribution in [-0.2, 0) is 13.9 Å². The Morgan fingerprint density at radius 3 is 2.11 bits per heavy atom. The SMILES string of the molecule is CCOC(OCC)O[Si]c1cc(F)c(F)c(F)c1F. The van der Waals surface area contributed by atoms with Crippen LogP contribution in [0.2, 0.25) is 0 Å². The molecule has 19 heavy (non-hydrogen) atoms. The van der Waals surface area contributed by atoms with Gasteiger partial charge < -0.3 is 13.9 Å². The van der Waals surface area contributed by atoms with Crippen LogP contribution in [0.5, 0.6) is 0 Å². The van der Waals surface area contributed by atoms with E-state index in [1.165, 1.54) is 0 Å². The average molecular weight is 296 g/mol. The first-order valence-corrected chi connectivity index (χ1v) is 6.39. The van der Waals surface area contributed by atoms with E-state index in [9.17, 15) is 17.6 Å². The maximum absolute atomic E-state index is 13.3. The Hall–Kier alpha value is -0.963. The number of hydrogen-bond donors (Lipinski definition) is 0. The second-order valence-corrected chi connectivity index (χ2v) is 4.25. The minimum Gasteiger partial charge on any atom is -0.366 e. The van der Waals surface area contributed by atoms with Gasteiger partial charge in [-0.05, 0) is 19.9 Å². The first-order chi connectivity index (χ1) is 9.01. The van der Waals surface area contributed by atoms with Crippen molar-refractivity contribution in [2.75, 3.05) is 13.2 Å². The van der Waals surface area contributed by atoms with Crippen molar-refractivity contribution >= 4 is 14.9 Å². The van der Waals surface area contributed by atoms with E-state index in [1.54, 1.807) is 13.8 Å². The molecule has 1 aromatic rings. The van der Waals surface area contributed by atoms with Gasteiger partial charge >= 0.3 is 0 Å². The first-order valence-electron chi connectivity index (χ1n) is 5.49. The van der Waals surface area contributed by atoms with Gasteiger partial charge in [0.15, 0.2) is 23.3 Å². The molecule has 106 valence electrons. The normalized spacial score (nSPS) is 11.3. The van der Waals surface area contributed by atoms with Crippen molar-refractivity contribution in [2.24, 2.45) is 0 Å². The maximum Gasteiger partial charge on any atom is 0.278 e. The summed E-state index contributed by atoms with van der Waals surface area (Å²) < 4.78 is 67.0. The van der Waals surface area contributed by atoms with Crippen LogP contribution >= 0.6 is 0 Å². The fourth-order valence-electron chi connectivity index (χ4n) is 1.15. The summed E-state index contributed by atoms with van der Waals surface area (Å²) >= 11 is 0. The highest BCUT2D eigenvalue weighted by molar-refractivity contribution is 6.47. The van der Waals surface area contributed by atoms with Crippen LogP contribution in [0.4, 0.5) is 17.6 Å². The van der Waals surface area contributed by atoms with Gasteiger partial charge in [0, 0.05) is 18.4 Å². The lowest BCUT2D eigenvalue weighted by Crippen LogP contribution is -2.31. The fraction of sp³-hybridized carbons (Fsp3) is 0.455. The van der Waals surface area contributed by atoms with Crippen molar-refractivity contribution < 1.29 is 31.5 Å². The molecule has 0 N–H and O–H groups in total. The van der Waals surface area contributed by atoms with Gasteiger partial charge in [0.25, 0.3) is 16.2 Å². The van der Waals surface area contributed by atoms with Gasteiger partial charge in [-0.15, -0.1) is 0 Å². The molecule has 0 aliphatic carbocycles. The van der Waals surface area contributed by atoms with Crippen LogP contribution in [0.25, 0.3) is 0 Å². The smallest absolute Gasteiger partial charge is 0.278 e. The molecule has 3 nitrogen and oxygen atoms in total. The molecular formula is C11H12F4O3Si. The molecule has 0 saturated heterocycles. The van der Waals surface area contributed by atoms with Crippen molar-refractivity contribution in [3.63, 3.8) is 0 Å². The summed E-state index contributed by atoms with van der Waals surface area (Å²) in [4.78, 5) is 0. The van der Waals surface area contributed by atoms with Gasteiger partial charge in [-0.25, -0.2) is 17.6 Å². The Kier molecular flexibility index (Phi) is 6.42. The van der Waals surface area contributed by atoms with Crippen molar-refractivity contribution in [2.45, 2.75) is 20.3 Å². The zero-order valence-electron chi connectivity index (χ0n) is 10.3. The third kappa shape index (κ3) is 4.27. The predicted molar refractivity (Wildman–Crippen MR) is 59.8 cm³/mol. The standard InChI is InChI=1S/C11H12F4O3Si/c1-3-16-11(17-4-2)18-19-7-5-6(12)8(13)10(15)9(7)14/h5,11H,3-4H2,1-2H3. The number of benzene rings is 1. The van der Waals surface area contributed by atoms with E-state index in [0.717, 1.165) is 0 Å². The molecule has 0 saturated carbocycles. The van der Waals surface area contributed by atoms with Gasteiger partial charge in [-0.1, -0.05) is 0 Å². The zero-order chi connectivity index (χ0) is 14.4. The Morgan fingerprint density at radius 1 is 1.00 bits per heavy atom. The molecule has 8 heteroatoms. The molecule has 0 unspecified atom stereocenters. The highest BCUT2D eigenvalue weighted by Crippen LogP contribution is 2.12. The summed E-state index contributed by atoms with van der Waals surface area (Å²) in [5.41, 5.74) is 0. The molecule has 0 heterocycles. The summed E-state index contributed by atoms with van der Waals surface area (Å²) in [6.45, 7) is 2.88. The van der Waals surface area contributed by atoms with Crippen LogP contribution in [0.3, 0.4) is 0 Å². The number of rotatable bonds is 7. The van der Waals surface area contributed by atoms with Crippen LogP contribution in [0.1, 0.15) is 13.8 Å². The lowest BCUT2D eigenvalue weighted by atomic mass is 10.3. The summed E-state index contributed by atoms with van der Waals surface area (Å²) in [6.07, 6.45) is 0. The van der Waals surface area contributed by atoms with E-state index in [2.05, 4.69) is 0 Å². The van der Waals surface area contributed by atoms with Crippen LogP contribution in [0.15, 0.2) is 6.07 Å². The van der Waals surface area contributed by atoms with E-state index in [-0.39, 0.29) is 13.2 Å². The van der Waals surface area contributed by atoms with Gasteiger partial charge in [0.2, 0.25) is 0 Å². The van der Waals surface area contributed by atoms with Crippen LogP contribution in [0, 0.1) is 23.3 Å². The molecule has 0 aromatic heterocycles. The molecule has 0 aliphatic heterocycles. The minimum absolute atomic E-state index is 0.282. The molecule has 0 aliphatic rings. The maximum atomic E-state index is 13.3. The quantitative estimate of drug-likeness (QED) is 0.253. The highest BCUT2D eigenvalue weighted by atomic mass is 28.2. The fourth-order valence-corrected chi connectivity index (χ4v) is 1.89. The second-order valence-electron chi connectivity index (χ2n) is 3.27. The molecular weight excluding hydrogens is 284 g/mol. The second kappa shape index (κ2) is 7.58. The Labute approximate surface area is 110 Å². The van der Waals surface area contributed by atoms with E-state index < -0.39 is 44.7 Å². The number of ether oxygens (including phenoxy) is 2. The molecule has 2 radical (unpaired) electrons. The monoisotopic (exact) mass is 296 g/mol. The van der Waals surface area contributed by atoms with E-state index in [0.29, 0.717) is 6.07 Å². The Bertz CT molecular complexity index is 425. The molecule has 0 amide bonds. The lowest BCUT2D eigenvalue weighted by molar-refractivity contribution is -0.242. The molecule has 1 aromatic carbocycles.